The smallest absolute Gasteiger partial charge is 0.166 e. The Morgan fingerprint density at radius 3 is 2.88 bits per heavy atom. The Morgan fingerprint density at radius 2 is 2.25 bits per heavy atom. The normalized spacial score (nSPS) is 24.6. The van der Waals surface area contributed by atoms with Crippen LogP contribution in [-0.4, -0.2) is 5.78 Å². The van der Waals surface area contributed by atoms with Gasteiger partial charge in [0.25, 0.3) is 0 Å². The van der Waals surface area contributed by atoms with E-state index in [4.69, 9.17) is 11.6 Å². The number of benzene rings is 1. The van der Waals surface area contributed by atoms with E-state index < -0.39 is 0 Å². The van der Waals surface area contributed by atoms with Gasteiger partial charge in [-0.05, 0) is 37.3 Å². The maximum Gasteiger partial charge on any atom is 0.166 e. The molecule has 2 heteroatoms. The van der Waals surface area contributed by atoms with Gasteiger partial charge >= 0.3 is 0 Å². The zero-order chi connectivity index (χ0) is 11.5. The van der Waals surface area contributed by atoms with Crippen LogP contribution >= 0.6 is 11.6 Å². The summed E-state index contributed by atoms with van der Waals surface area (Å²) in [7, 11) is 0. The van der Waals surface area contributed by atoms with Crippen LogP contribution < -0.4 is 0 Å². The summed E-state index contributed by atoms with van der Waals surface area (Å²) in [5.74, 6) is 1.25. The molecule has 1 aliphatic carbocycles. The molecule has 0 aromatic heterocycles. The minimum absolute atomic E-state index is 0.225. The summed E-state index contributed by atoms with van der Waals surface area (Å²) in [6, 6.07) is 7.31. The van der Waals surface area contributed by atoms with E-state index in [0.717, 1.165) is 24.3 Å². The zero-order valence-electron chi connectivity index (χ0n) is 9.58. The predicted octanol–water partition coefficient (Wildman–Crippen LogP) is 4.35. The fraction of sp³-hybridized carbons (Fsp3) is 0.500. The van der Waals surface area contributed by atoms with Gasteiger partial charge in [0, 0.05) is 16.5 Å². The SMILES string of the molecule is CCC1CCC(C(=O)c2cccc(Cl)c2)C1. The number of carbonyl (C=O) groups excluding carboxylic acids is 1. The molecular formula is C14H17ClO. The number of hydrogen-bond donors (Lipinski definition) is 0. The molecule has 86 valence electrons. The highest BCUT2D eigenvalue weighted by molar-refractivity contribution is 6.31. The third-order valence-electron chi connectivity index (χ3n) is 3.60. The summed E-state index contributed by atoms with van der Waals surface area (Å²) in [4.78, 5) is 12.2. The van der Waals surface area contributed by atoms with Crippen LogP contribution in [0.25, 0.3) is 0 Å². The fourth-order valence-corrected chi connectivity index (χ4v) is 2.75. The lowest BCUT2D eigenvalue weighted by molar-refractivity contribution is 0.0920. The Hall–Kier alpha value is -0.820. The van der Waals surface area contributed by atoms with Crippen LogP contribution in [0.2, 0.25) is 5.02 Å². The van der Waals surface area contributed by atoms with Gasteiger partial charge in [-0.3, -0.25) is 4.79 Å². The maximum absolute atomic E-state index is 12.2. The van der Waals surface area contributed by atoms with Crippen LogP contribution in [0.3, 0.4) is 0 Å². The molecule has 0 spiro atoms. The van der Waals surface area contributed by atoms with E-state index in [1.807, 2.05) is 18.2 Å². The van der Waals surface area contributed by atoms with Crippen molar-refractivity contribution in [3.63, 3.8) is 0 Å². The number of carbonyl (C=O) groups is 1. The van der Waals surface area contributed by atoms with Crippen LogP contribution in [0.15, 0.2) is 24.3 Å². The molecule has 0 amide bonds. The Kier molecular flexibility index (Phi) is 3.65. The molecule has 0 heterocycles. The van der Waals surface area contributed by atoms with Crippen molar-refractivity contribution in [2.75, 3.05) is 0 Å². The highest BCUT2D eigenvalue weighted by atomic mass is 35.5. The van der Waals surface area contributed by atoms with Gasteiger partial charge in [0.2, 0.25) is 0 Å². The monoisotopic (exact) mass is 236 g/mol. The third-order valence-corrected chi connectivity index (χ3v) is 3.83. The van der Waals surface area contributed by atoms with Crippen molar-refractivity contribution in [2.24, 2.45) is 11.8 Å². The van der Waals surface area contributed by atoms with E-state index in [2.05, 4.69) is 6.92 Å². The molecule has 1 aromatic rings. The predicted molar refractivity (Wildman–Crippen MR) is 66.9 cm³/mol. The summed E-state index contributed by atoms with van der Waals surface area (Å²) in [5, 5.41) is 0.649. The van der Waals surface area contributed by atoms with Crippen molar-refractivity contribution < 1.29 is 4.79 Å². The van der Waals surface area contributed by atoms with E-state index in [0.29, 0.717) is 5.02 Å². The molecule has 1 nitrogen and oxygen atoms in total. The summed E-state index contributed by atoms with van der Waals surface area (Å²) in [6.45, 7) is 2.21. The second kappa shape index (κ2) is 5.01. The van der Waals surface area contributed by atoms with Gasteiger partial charge in [-0.1, -0.05) is 37.1 Å². The van der Waals surface area contributed by atoms with Crippen LogP contribution in [0, 0.1) is 11.8 Å². The van der Waals surface area contributed by atoms with Crippen LogP contribution in [0.4, 0.5) is 0 Å². The van der Waals surface area contributed by atoms with E-state index in [1.165, 1.54) is 12.8 Å². The number of rotatable bonds is 3. The van der Waals surface area contributed by atoms with Crippen molar-refractivity contribution in [3.8, 4) is 0 Å². The van der Waals surface area contributed by atoms with E-state index >= 15 is 0 Å². The molecule has 16 heavy (non-hydrogen) atoms. The molecule has 0 N–H and O–H groups in total. The topological polar surface area (TPSA) is 17.1 Å². The molecule has 0 saturated heterocycles. The number of hydrogen-bond acceptors (Lipinski definition) is 1. The lowest BCUT2D eigenvalue weighted by Gasteiger charge is -2.09. The Bertz CT molecular complexity index is 386. The molecule has 0 aliphatic heterocycles. The Morgan fingerprint density at radius 1 is 1.44 bits per heavy atom. The van der Waals surface area contributed by atoms with E-state index in [-0.39, 0.29) is 11.7 Å². The Labute approximate surface area is 102 Å². The van der Waals surface area contributed by atoms with Crippen molar-refractivity contribution in [1.29, 1.82) is 0 Å². The highest BCUT2D eigenvalue weighted by Gasteiger charge is 2.29. The van der Waals surface area contributed by atoms with Gasteiger partial charge in [0.1, 0.15) is 0 Å². The first-order valence-electron chi connectivity index (χ1n) is 6.00. The van der Waals surface area contributed by atoms with Gasteiger partial charge in [0.15, 0.2) is 5.78 Å². The molecule has 1 aromatic carbocycles. The summed E-state index contributed by atoms with van der Waals surface area (Å²) >= 11 is 5.90. The number of halogens is 1. The van der Waals surface area contributed by atoms with Crippen molar-refractivity contribution in [2.45, 2.75) is 32.6 Å². The van der Waals surface area contributed by atoms with Crippen LogP contribution in [0.5, 0.6) is 0 Å². The van der Waals surface area contributed by atoms with E-state index in [1.54, 1.807) is 6.07 Å². The quantitative estimate of drug-likeness (QED) is 0.714. The third kappa shape index (κ3) is 2.46. The van der Waals surface area contributed by atoms with Gasteiger partial charge in [-0.25, -0.2) is 0 Å². The van der Waals surface area contributed by atoms with Gasteiger partial charge in [-0.15, -0.1) is 0 Å². The lowest BCUT2D eigenvalue weighted by Crippen LogP contribution is -2.11. The number of Topliss-reactive ketones (excluding diaryl/α,β-unsaturated/α-hetero) is 1. The second-order valence-corrected chi connectivity index (χ2v) is 5.10. The molecule has 1 aliphatic rings. The van der Waals surface area contributed by atoms with Crippen LogP contribution in [0.1, 0.15) is 43.0 Å². The summed E-state index contributed by atoms with van der Waals surface area (Å²) in [6.07, 6.45) is 4.50. The zero-order valence-corrected chi connectivity index (χ0v) is 10.3. The van der Waals surface area contributed by atoms with Gasteiger partial charge in [0.05, 0.1) is 0 Å². The maximum atomic E-state index is 12.2. The molecule has 1 saturated carbocycles. The lowest BCUT2D eigenvalue weighted by atomic mass is 9.94. The number of ketones is 1. The Balaban J connectivity index is 2.08. The van der Waals surface area contributed by atoms with Crippen molar-refractivity contribution >= 4 is 17.4 Å². The van der Waals surface area contributed by atoms with E-state index in [9.17, 15) is 4.79 Å². The molecule has 1 fully saturated rings. The molecular weight excluding hydrogens is 220 g/mol. The molecule has 0 radical (unpaired) electrons. The van der Waals surface area contributed by atoms with Crippen molar-refractivity contribution in [1.82, 2.24) is 0 Å². The first-order valence-corrected chi connectivity index (χ1v) is 6.38. The van der Waals surface area contributed by atoms with Crippen LogP contribution in [-0.2, 0) is 0 Å². The standard InChI is InChI=1S/C14H17ClO/c1-2-10-6-7-12(8-10)14(16)11-4-3-5-13(15)9-11/h3-5,9-10,12H,2,6-8H2,1H3. The average molecular weight is 237 g/mol. The van der Waals surface area contributed by atoms with Gasteiger partial charge in [-0.2, -0.15) is 0 Å². The second-order valence-electron chi connectivity index (χ2n) is 4.66. The van der Waals surface area contributed by atoms with Gasteiger partial charge < -0.3 is 0 Å². The summed E-state index contributed by atoms with van der Waals surface area (Å²) in [5.41, 5.74) is 0.772. The first kappa shape index (κ1) is 11.7. The minimum Gasteiger partial charge on any atom is -0.294 e. The first-order chi connectivity index (χ1) is 7.70. The molecule has 2 rings (SSSR count). The minimum atomic E-state index is 0.225. The largest absolute Gasteiger partial charge is 0.294 e. The molecule has 2 atom stereocenters. The molecule has 2 unspecified atom stereocenters. The average Bonchev–Trinajstić information content (AvgIpc) is 2.76. The highest BCUT2D eigenvalue weighted by Crippen LogP contribution is 2.35. The summed E-state index contributed by atoms with van der Waals surface area (Å²) < 4.78 is 0. The fourth-order valence-electron chi connectivity index (χ4n) is 2.56. The van der Waals surface area contributed by atoms with Crippen molar-refractivity contribution in [3.05, 3.63) is 34.9 Å². The molecule has 0 bridgehead atoms.